The first kappa shape index (κ1) is 23.5. The highest BCUT2D eigenvalue weighted by atomic mass is 16.7. The summed E-state index contributed by atoms with van der Waals surface area (Å²) in [5.74, 6) is 1.11. The quantitative estimate of drug-likeness (QED) is 0.248. The third-order valence-corrected chi connectivity index (χ3v) is 7.67. The Bertz CT molecular complexity index is 683. The number of fused-ring (bicyclic) bond motifs is 1. The molecule has 178 valence electrons. The minimum Gasteiger partial charge on any atom is -0.393 e. The molecular formula is C21H34O10. The second-order valence-electron chi connectivity index (χ2n) is 9.87. The van der Waals surface area contributed by atoms with Crippen LogP contribution in [0.4, 0.5) is 0 Å². The zero-order chi connectivity index (χ0) is 22.6. The van der Waals surface area contributed by atoms with E-state index in [4.69, 9.17) is 18.9 Å². The van der Waals surface area contributed by atoms with Crippen molar-refractivity contribution in [3.8, 4) is 0 Å². The van der Waals surface area contributed by atoms with E-state index in [0.717, 1.165) is 18.4 Å². The molecule has 5 rings (SSSR count). The summed E-state index contributed by atoms with van der Waals surface area (Å²) in [4.78, 5) is 0. The van der Waals surface area contributed by atoms with Crippen LogP contribution in [0.3, 0.4) is 0 Å². The van der Waals surface area contributed by atoms with Crippen LogP contribution >= 0.6 is 0 Å². The fraction of sp³-hybridized carbons (Fsp3) is 0.905. The van der Waals surface area contributed by atoms with Crippen LogP contribution < -0.4 is 0 Å². The van der Waals surface area contributed by atoms with E-state index in [1.165, 1.54) is 0 Å². The largest absolute Gasteiger partial charge is 0.393 e. The average Bonchev–Trinajstić information content (AvgIpc) is 3.05. The molecule has 6 N–H and O–H groups in total. The first-order valence-corrected chi connectivity index (χ1v) is 10.8. The Morgan fingerprint density at radius 1 is 1.06 bits per heavy atom. The van der Waals surface area contributed by atoms with Gasteiger partial charge in [0.1, 0.15) is 36.1 Å². The van der Waals surface area contributed by atoms with E-state index in [9.17, 15) is 30.6 Å². The molecule has 0 aromatic carbocycles. The number of hydrogen-bond acceptors (Lipinski definition) is 10. The number of aliphatic hydroxyl groups is 6. The zero-order valence-electron chi connectivity index (χ0n) is 17.8. The van der Waals surface area contributed by atoms with Gasteiger partial charge in [0.25, 0.3) is 0 Å². The van der Waals surface area contributed by atoms with Crippen molar-refractivity contribution in [3.63, 3.8) is 0 Å². The van der Waals surface area contributed by atoms with Crippen LogP contribution in [0.15, 0.2) is 11.6 Å². The molecule has 10 nitrogen and oxygen atoms in total. The fourth-order valence-corrected chi connectivity index (χ4v) is 5.14. The van der Waals surface area contributed by atoms with Crippen molar-refractivity contribution < 1.29 is 49.6 Å². The summed E-state index contributed by atoms with van der Waals surface area (Å²) in [6.07, 6.45) is -5.07. The highest BCUT2D eigenvalue weighted by molar-refractivity contribution is 5.23. The van der Waals surface area contributed by atoms with Crippen LogP contribution in [0.1, 0.15) is 26.7 Å². The molecule has 3 aliphatic carbocycles. The summed E-state index contributed by atoms with van der Waals surface area (Å²) in [5, 5.41) is 60.1. The maximum absolute atomic E-state index is 10.3. The third kappa shape index (κ3) is 4.08. The van der Waals surface area contributed by atoms with Crippen molar-refractivity contribution in [2.24, 2.45) is 17.3 Å². The number of ether oxygens (including phenoxy) is 4. The summed E-state index contributed by atoms with van der Waals surface area (Å²) in [7, 11) is 0. The summed E-state index contributed by atoms with van der Waals surface area (Å²) < 4.78 is 22.0. The van der Waals surface area contributed by atoms with E-state index in [1.807, 2.05) is 0 Å². The van der Waals surface area contributed by atoms with Crippen molar-refractivity contribution in [2.75, 3.05) is 26.4 Å². The molecular weight excluding hydrogens is 412 g/mol. The van der Waals surface area contributed by atoms with E-state index in [-0.39, 0.29) is 25.2 Å². The van der Waals surface area contributed by atoms with Crippen LogP contribution in [-0.2, 0) is 18.9 Å². The summed E-state index contributed by atoms with van der Waals surface area (Å²) in [5.41, 5.74) is -0.452. The lowest BCUT2D eigenvalue weighted by Crippen LogP contribution is -2.60. The average molecular weight is 446 g/mol. The van der Waals surface area contributed by atoms with Crippen LogP contribution in [0, 0.1) is 17.3 Å². The summed E-state index contributed by atoms with van der Waals surface area (Å²) >= 11 is 0. The molecule has 0 aromatic heterocycles. The summed E-state index contributed by atoms with van der Waals surface area (Å²) in [6, 6.07) is 0. The molecule has 2 saturated heterocycles. The van der Waals surface area contributed by atoms with Gasteiger partial charge in [-0.2, -0.15) is 0 Å². The molecule has 10 atom stereocenters. The van der Waals surface area contributed by atoms with Crippen molar-refractivity contribution in [1.82, 2.24) is 0 Å². The van der Waals surface area contributed by atoms with Gasteiger partial charge in [-0.05, 0) is 35.7 Å². The van der Waals surface area contributed by atoms with E-state index in [0.29, 0.717) is 11.8 Å². The van der Waals surface area contributed by atoms with Crippen molar-refractivity contribution in [3.05, 3.63) is 11.6 Å². The van der Waals surface area contributed by atoms with Crippen molar-refractivity contribution >= 4 is 0 Å². The zero-order valence-corrected chi connectivity index (χ0v) is 17.8. The van der Waals surface area contributed by atoms with Crippen LogP contribution in [-0.4, -0.2) is 106 Å². The first-order chi connectivity index (χ1) is 14.6. The third-order valence-electron chi connectivity index (χ3n) is 7.67. The number of hydrogen-bond donors (Lipinski definition) is 6. The van der Waals surface area contributed by atoms with Gasteiger partial charge in [0.2, 0.25) is 0 Å². The second-order valence-corrected chi connectivity index (χ2v) is 9.87. The fourth-order valence-electron chi connectivity index (χ4n) is 5.14. The molecule has 0 spiro atoms. The topological polar surface area (TPSA) is 158 Å². The van der Waals surface area contributed by atoms with Crippen LogP contribution in [0.5, 0.6) is 0 Å². The first-order valence-electron chi connectivity index (χ1n) is 10.8. The predicted molar refractivity (Wildman–Crippen MR) is 104 cm³/mol. The highest BCUT2D eigenvalue weighted by Crippen LogP contribution is 2.59. The molecule has 2 aliphatic heterocycles. The standard InChI is InChI=1S/C21H34O10/c1-20(2)11-4-3-10(12(20)5-11)6-28-18-16(25)15(24)14(23)13(31-18)7-29-19-17(26)21(27,8-22)9-30-19/h3,11-19,22-27H,4-9H2,1-2H3/t11-,12-,13+,14+,15-,16+,17-,18+,19-,21+/m0/s1. The lowest BCUT2D eigenvalue weighted by atomic mass is 9.49. The van der Waals surface area contributed by atoms with Crippen LogP contribution in [0.2, 0.25) is 0 Å². The smallest absolute Gasteiger partial charge is 0.187 e. The Hall–Kier alpha value is -0.660. The molecule has 2 bridgehead atoms. The molecule has 10 heteroatoms. The number of aliphatic hydroxyl groups excluding tert-OH is 5. The Labute approximate surface area is 181 Å². The van der Waals surface area contributed by atoms with Gasteiger partial charge in [-0.1, -0.05) is 19.9 Å². The van der Waals surface area contributed by atoms with Gasteiger partial charge in [0.15, 0.2) is 12.6 Å². The number of rotatable bonds is 7. The normalized spacial score (nSPS) is 48.9. The van der Waals surface area contributed by atoms with Gasteiger partial charge in [0.05, 0.1) is 26.4 Å². The molecule has 0 aromatic rings. The minimum atomic E-state index is -1.83. The van der Waals surface area contributed by atoms with Gasteiger partial charge in [-0.25, -0.2) is 0 Å². The van der Waals surface area contributed by atoms with Crippen molar-refractivity contribution in [1.29, 1.82) is 0 Å². The van der Waals surface area contributed by atoms with Gasteiger partial charge in [-0.15, -0.1) is 0 Å². The van der Waals surface area contributed by atoms with E-state index in [1.54, 1.807) is 0 Å². The molecule has 2 heterocycles. The Balaban J connectivity index is 1.33. The minimum absolute atomic E-state index is 0.226. The van der Waals surface area contributed by atoms with Crippen LogP contribution in [0.25, 0.3) is 0 Å². The molecule has 1 saturated carbocycles. The maximum atomic E-state index is 10.3. The Kier molecular flexibility index (Phi) is 6.52. The molecule has 0 radical (unpaired) electrons. The van der Waals surface area contributed by atoms with E-state index < -0.39 is 55.3 Å². The van der Waals surface area contributed by atoms with Gasteiger partial charge >= 0.3 is 0 Å². The lowest BCUT2D eigenvalue weighted by Gasteiger charge is -2.56. The summed E-state index contributed by atoms with van der Waals surface area (Å²) in [6.45, 7) is 3.43. The molecule has 0 amide bonds. The highest BCUT2D eigenvalue weighted by Gasteiger charge is 2.52. The SMILES string of the molecule is CC1(C)[C@H]2CC=C(CO[C@@H]3O[C@H](CO[C@H]4OC[C@](O)(CO)[C@H]4O)[C@@H](O)[C@H](O)[C@H]3O)[C@@H]1C2. The molecule has 31 heavy (non-hydrogen) atoms. The van der Waals surface area contributed by atoms with Gasteiger partial charge in [-0.3, -0.25) is 0 Å². The van der Waals surface area contributed by atoms with E-state index in [2.05, 4.69) is 19.9 Å². The Morgan fingerprint density at radius 3 is 2.42 bits per heavy atom. The van der Waals surface area contributed by atoms with E-state index >= 15 is 0 Å². The Morgan fingerprint density at radius 2 is 1.81 bits per heavy atom. The monoisotopic (exact) mass is 446 g/mol. The van der Waals surface area contributed by atoms with Gasteiger partial charge < -0.3 is 49.6 Å². The van der Waals surface area contributed by atoms with Gasteiger partial charge in [0, 0.05) is 0 Å². The molecule has 0 unspecified atom stereocenters. The van der Waals surface area contributed by atoms with Crippen molar-refractivity contribution in [2.45, 2.75) is 75.4 Å². The second kappa shape index (κ2) is 8.60. The molecule has 5 aliphatic rings. The number of allylic oxidation sites excluding steroid dienone is 1. The maximum Gasteiger partial charge on any atom is 0.187 e. The molecule has 3 fully saturated rings. The predicted octanol–water partition coefficient (Wildman–Crippen LogP) is -1.74. The lowest BCUT2D eigenvalue weighted by molar-refractivity contribution is -0.308.